The van der Waals surface area contributed by atoms with Gasteiger partial charge in [0.25, 0.3) is 0 Å². The van der Waals surface area contributed by atoms with Crippen molar-refractivity contribution in [2.45, 2.75) is 0 Å². The fraction of sp³-hybridized carbons (Fsp3) is 0. The van der Waals surface area contributed by atoms with Gasteiger partial charge in [-0.2, -0.15) is 11.3 Å². The second-order valence-corrected chi connectivity index (χ2v) is 4.66. The molecule has 0 aliphatic heterocycles. The molecule has 0 radical (unpaired) electrons. The molecule has 0 aliphatic rings. The molecule has 0 bridgehead atoms. The summed E-state index contributed by atoms with van der Waals surface area (Å²) in [6.07, 6.45) is 4.53. The van der Waals surface area contributed by atoms with Crippen LogP contribution in [0.25, 0.3) is 10.9 Å². The minimum atomic E-state index is -0.407. The van der Waals surface area contributed by atoms with Crippen molar-refractivity contribution >= 4 is 22.2 Å². The predicted octanol–water partition coefficient (Wildman–Crippen LogP) is 3.95. The summed E-state index contributed by atoms with van der Waals surface area (Å²) in [5, 5.41) is 5.28. The van der Waals surface area contributed by atoms with Gasteiger partial charge >= 0.3 is 5.76 Å². The lowest BCUT2D eigenvalue weighted by Gasteiger charge is -1.91. The summed E-state index contributed by atoms with van der Waals surface area (Å²) < 4.78 is 4.22. The van der Waals surface area contributed by atoms with Crippen LogP contribution in [-0.4, -0.2) is 9.97 Å². The zero-order valence-electron chi connectivity index (χ0n) is 11.2. The summed E-state index contributed by atoms with van der Waals surface area (Å²) in [5.41, 5.74) is 1.06. The van der Waals surface area contributed by atoms with Crippen molar-refractivity contribution in [2.75, 3.05) is 0 Å². The molecular formula is C16H14N2O2S. The average Bonchev–Trinajstić information content (AvgIpc) is 3.24. The van der Waals surface area contributed by atoms with Crippen molar-refractivity contribution in [1.29, 1.82) is 0 Å². The topological polar surface area (TPSA) is 58.9 Å². The number of benzene rings is 1. The first-order chi connectivity index (χ1) is 10.4. The van der Waals surface area contributed by atoms with Crippen molar-refractivity contribution < 1.29 is 4.42 Å². The largest absolute Gasteiger partial charge is 0.417 e. The van der Waals surface area contributed by atoms with E-state index in [4.69, 9.17) is 0 Å². The Hall–Kier alpha value is -2.66. The Kier molecular flexibility index (Phi) is 5.97. The minimum Gasteiger partial charge on any atom is -0.417 e. The molecule has 0 saturated carbocycles. The number of para-hydroxylation sites is 1. The second kappa shape index (κ2) is 8.50. The van der Waals surface area contributed by atoms with Crippen LogP contribution in [0.3, 0.4) is 0 Å². The van der Waals surface area contributed by atoms with Crippen LogP contribution in [0.1, 0.15) is 0 Å². The minimum absolute atomic E-state index is 0.407. The van der Waals surface area contributed by atoms with Crippen LogP contribution in [0.5, 0.6) is 0 Å². The van der Waals surface area contributed by atoms with E-state index >= 15 is 0 Å². The third-order valence-electron chi connectivity index (χ3n) is 2.38. The van der Waals surface area contributed by atoms with Crippen LogP contribution < -0.4 is 5.76 Å². The van der Waals surface area contributed by atoms with E-state index in [-0.39, 0.29) is 0 Å². The van der Waals surface area contributed by atoms with Crippen LogP contribution in [0.2, 0.25) is 0 Å². The van der Waals surface area contributed by atoms with Gasteiger partial charge in [0.1, 0.15) is 6.26 Å². The summed E-state index contributed by atoms with van der Waals surface area (Å²) in [6.45, 7) is 0. The van der Waals surface area contributed by atoms with E-state index in [2.05, 4.69) is 26.5 Å². The SMILES string of the molecule is O=c1[nH]cco1.c1ccc2ncccc2c1.c1ccsc1. The van der Waals surface area contributed by atoms with Gasteiger partial charge in [-0.1, -0.05) is 36.4 Å². The molecule has 5 heteroatoms. The molecule has 4 rings (SSSR count). The van der Waals surface area contributed by atoms with Crippen LogP contribution in [0.4, 0.5) is 0 Å². The third-order valence-corrected chi connectivity index (χ3v) is 3.01. The molecule has 4 nitrogen and oxygen atoms in total. The Morgan fingerprint density at radius 3 is 2.29 bits per heavy atom. The Morgan fingerprint density at radius 2 is 1.76 bits per heavy atom. The lowest BCUT2D eigenvalue weighted by Crippen LogP contribution is -1.91. The standard InChI is InChI=1S/C9H7N.C4H4S.C3H3NO2/c1-2-6-9-8(4-1)5-3-7-10-9;1-2-4-5-3-1;5-3-4-1-2-6-3/h1-7H;1-4H;1-2H,(H,4,5). The smallest absolute Gasteiger partial charge is 0.416 e. The first kappa shape index (κ1) is 14.7. The highest BCUT2D eigenvalue weighted by molar-refractivity contribution is 7.07. The van der Waals surface area contributed by atoms with E-state index in [0.717, 1.165) is 5.52 Å². The van der Waals surface area contributed by atoms with E-state index in [0.29, 0.717) is 0 Å². The fourth-order valence-electron chi connectivity index (χ4n) is 1.47. The number of aromatic amines is 1. The number of H-pyrrole nitrogens is 1. The highest BCUT2D eigenvalue weighted by atomic mass is 32.1. The molecule has 3 heterocycles. The van der Waals surface area contributed by atoms with Crippen molar-refractivity contribution in [3.8, 4) is 0 Å². The Labute approximate surface area is 125 Å². The Balaban J connectivity index is 0.000000126. The second-order valence-electron chi connectivity index (χ2n) is 3.84. The van der Waals surface area contributed by atoms with E-state index in [9.17, 15) is 4.79 Å². The fourth-order valence-corrected chi connectivity index (χ4v) is 1.93. The number of fused-ring (bicyclic) bond motifs is 1. The number of hydrogen-bond acceptors (Lipinski definition) is 4. The normalized spacial score (nSPS) is 9.14. The molecular weight excluding hydrogens is 284 g/mol. The first-order valence-electron chi connectivity index (χ1n) is 6.25. The van der Waals surface area contributed by atoms with Crippen LogP contribution in [-0.2, 0) is 0 Å². The first-order valence-corrected chi connectivity index (χ1v) is 7.19. The van der Waals surface area contributed by atoms with E-state index in [1.54, 1.807) is 11.3 Å². The third kappa shape index (κ3) is 5.46. The number of pyridine rings is 1. The van der Waals surface area contributed by atoms with Crippen LogP contribution in [0.15, 0.2) is 87.2 Å². The summed E-state index contributed by atoms with van der Waals surface area (Å²) in [4.78, 5) is 16.3. The molecule has 0 fully saturated rings. The van der Waals surface area contributed by atoms with Gasteiger partial charge in [-0.25, -0.2) is 4.79 Å². The average molecular weight is 298 g/mol. The van der Waals surface area contributed by atoms with Gasteiger partial charge in [0, 0.05) is 17.8 Å². The molecule has 0 unspecified atom stereocenters. The molecule has 0 saturated heterocycles. The number of nitrogens with one attached hydrogen (secondary N) is 1. The number of thiophene rings is 1. The molecule has 3 aromatic heterocycles. The van der Waals surface area contributed by atoms with Crippen molar-refractivity contribution in [3.63, 3.8) is 0 Å². The number of nitrogens with zero attached hydrogens (tertiary/aromatic N) is 1. The quantitative estimate of drug-likeness (QED) is 0.534. The highest BCUT2D eigenvalue weighted by Gasteiger charge is 1.86. The summed E-state index contributed by atoms with van der Waals surface area (Å²) in [6, 6.07) is 16.1. The van der Waals surface area contributed by atoms with Crippen LogP contribution in [0, 0.1) is 0 Å². The maximum absolute atomic E-state index is 9.85. The van der Waals surface area contributed by atoms with Crippen molar-refractivity contribution in [2.24, 2.45) is 0 Å². The lowest BCUT2D eigenvalue weighted by molar-refractivity contribution is 0.515. The molecule has 1 N–H and O–H groups in total. The van der Waals surface area contributed by atoms with E-state index in [1.807, 2.05) is 53.4 Å². The van der Waals surface area contributed by atoms with Crippen molar-refractivity contribution in [1.82, 2.24) is 9.97 Å². The number of hydrogen-bond donors (Lipinski definition) is 1. The summed E-state index contributed by atoms with van der Waals surface area (Å²) in [5.74, 6) is -0.407. The predicted molar refractivity (Wildman–Crippen MR) is 85.4 cm³/mol. The summed E-state index contributed by atoms with van der Waals surface area (Å²) >= 11 is 1.71. The van der Waals surface area contributed by atoms with Gasteiger partial charge in [-0.15, -0.1) is 0 Å². The van der Waals surface area contributed by atoms with Gasteiger partial charge in [-0.3, -0.25) is 9.97 Å². The van der Waals surface area contributed by atoms with Gasteiger partial charge in [0.2, 0.25) is 0 Å². The molecule has 0 spiro atoms. The highest BCUT2D eigenvalue weighted by Crippen LogP contribution is 2.07. The van der Waals surface area contributed by atoms with Gasteiger partial charge in [0.05, 0.1) is 5.52 Å². The van der Waals surface area contributed by atoms with Gasteiger partial charge in [-0.05, 0) is 22.9 Å². The Bertz CT molecular complexity index is 692. The van der Waals surface area contributed by atoms with E-state index in [1.165, 1.54) is 17.8 Å². The van der Waals surface area contributed by atoms with Gasteiger partial charge < -0.3 is 4.42 Å². The maximum Gasteiger partial charge on any atom is 0.416 e. The van der Waals surface area contributed by atoms with E-state index < -0.39 is 5.76 Å². The molecule has 0 aliphatic carbocycles. The molecule has 1 aromatic carbocycles. The van der Waals surface area contributed by atoms with Crippen LogP contribution >= 0.6 is 11.3 Å². The zero-order valence-corrected chi connectivity index (χ0v) is 12.0. The Morgan fingerprint density at radius 1 is 1.00 bits per heavy atom. The monoisotopic (exact) mass is 298 g/mol. The molecule has 106 valence electrons. The maximum atomic E-state index is 9.85. The summed E-state index contributed by atoms with van der Waals surface area (Å²) in [7, 11) is 0. The number of rotatable bonds is 0. The molecule has 21 heavy (non-hydrogen) atoms. The zero-order chi connectivity index (χ0) is 14.8. The number of oxazole rings is 1. The number of aromatic nitrogens is 2. The van der Waals surface area contributed by atoms with Gasteiger partial charge in [0.15, 0.2) is 0 Å². The molecule has 4 aromatic rings. The van der Waals surface area contributed by atoms with Crippen molar-refractivity contribution in [3.05, 3.63) is 88.5 Å². The lowest BCUT2D eigenvalue weighted by atomic mass is 10.2. The molecule has 0 amide bonds. The molecule has 0 atom stereocenters.